The molecule has 0 aromatic rings. The standard InChI is InChI=1S/C18H31F3N2O2/c1-13(2)12-25-16-6-8-23(9-7-16)11-17(24)22-15-5-3-4-14(10-15)18(19,20)21/h13-16H,3-12H2,1-2H3,(H,22,24). The van der Waals surface area contributed by atoms with E-state index in [1.54, 1.807) is 0 Å². The van der Waals surface area contributed by atoms with Gasteiger partial charge in [-0.25, -0.2) is 0 Å². The van der Waals surface area contributed by atoms with Crippen LogP contribution in [0.4, 0.5) is 13.2 Å². The number of ether oxygens (including phenoxy) is 1. The first-order chi connectivity index (χ1) is 11.7. The van der Waals surface area contributed by atoms with Crippen molar-refractivity contribution in [2.24, 2.45) is 11.8 Å². The van der Waals surface area contributed by atoms with Crippen molar-refractivity contribution in [2.75, 3.05) is 26.2 Å². The molecule has 0 aromatic heterocycles. The van der Waals surface area contributed by atoms with Crippen molar-refractivity contribution in [1.29, 1.82) is 0 Å². The average Bonchev–Trinajstić information content (AvgIpc) is 2.53. The molecule has 4 nitrogen and oxygen atoms in total. The zero-order valence-corrected chi connectivity index (χ0v) is 15.3. The highest BCUT2D eigenvalue weighted by atomic mass is 19.4. The van der Waals surface area contributed by atoms with Gasteiger partial charge >= 0.3 is 6.18 Å². The van der Waals surface area contributed by atoms with Crippen molar-refractivity contribution < 1.29 is 22.7 Å². The topological polar surface area (TPSA) is 41.6 Å². The molecule has 0 aromatic carbocycles. The Morgan fingerprint density at radius 3 is 2.48 bits per heavy atom. The quantitative estimate of drug-likeness (QED) is 0.786. The molecule has 2 unspecified atom stereocenters. The van der Waals surface area contributed by atoms with Crippen LogP contribution in [0.25, 0.3) is 0 Å². The molecule has 2 fully saturated rings. The van der Waals surface area contributed by atoms with E-state index in [0.717, 1.165) is 32.5 Å². The number of likely N-dealkylation sites (tertiary alicyclic amines) is 1. The summed E-state index contributed by atoms with van der Waals surface area (Å²) >= 11 is 0. The number of carbonyl (C=O) groups excluding carboxylic acids is 1. The number of hydrogen-bond acceptors (Lipinski definition) is 3. The maximum absolute atomic E-state index is 12.8. The molecule has 1 N–H and O–H groups in total. The molecule has 0 radical (unpaired) electrons. The van der Waals surface area contributed by atoms with Crippen molar-refractivity contribution in [2.45, 2.75) is 70.7 Å². The lowest BCUT2D eigenvalue weighted by Crippen LogP contribution is -2.47. The minimum atomic E-state index is -4.15. The van der Waals surface area contributed by atoms with E-state index in [1.807, 2.05) is 0 Å². The summed E-state index contributed by atoms with van der Waals surface area (Å²) in [5, 5.41) is 2.81. The van der Waals surface area contributed by atoms with Crippen LogP contribution in [0.5, 0.6) is 0 Å². The summed E-state index contributed by atoms with van der Waals surface area (Å²) in [6.07, 6.45) is -0.731. The van der Waals surface area contributed by atoms with Gasteiger partial charge in [0.05, 0.1) is 18.6 Å². The van der Waals surface area contributed by atoms with Gasteiger partial charge in [-0.15, -0.1) is 0 Å². The molecule has 1 heterocycles. The van der Waals surface area contributed by atoms with Gasteiger partial charge in [0, 0.05) is 25.7 Å². The second-order valence-corrected chi connectivity index (χ2v) is 7.87. The lowest BCUT2D eigenvalue weighted by atomic mass is 9.85. The SMILES string of the molecule is CC(C)COC1CCN(CC(=O)NC2CCCC(C(F)(F)F)C2)CC1. The molecular weight excluding hydrogens is 333 g/mol. The second kappa shape index (κ2) is 9.21. The molecule has 1 saturated carbocycles. The molecule has 0 bridgehead atoms. The van der Waals surface area contributed by atoms with Crippen LogP contribution in [0.15, 0.2) is 0 Å². The van der Waals surface area contributed by atoms with Crippen molar-refractivity contribution in [3.8, 4) is 0 Å². The summed E-state index contributed by atoms with van der Waals surface area (Å²) in [4.78, 5) is 14.2. The number of amides is 1. The van der Waals surface area contributed by atoms with Gasteiger partial charge in [-0.05, 0) is 38.0 Å². The molecule has 2 aliphatic rings. The van der Waals surface area contributed by atoms with Gasteiger partial charge in [-0.3, -0.25) is 9.69 Å². The highest BCUT2D eigenvalue weighted by molar-refractivity contribution is 5.78. The number of nitrogens with one attached hydrogen (secondary N) is 1. The minimum Gasteiger partial charge on any atom is -0.378 e. The predicted octanol–water partition coefficient (Wildman–Crippen LogP) is 3.36. The maximum atomic E-state index is 12.8. The van der Waals surface area contributed by atoms with Crippen molar-refractivity contribution in [3.63, 3.8) is 0 Å². The Morgan fingerprint density at radius 1 is 1.20 bits per heavy atom. The normalized spacial score (nSPS) is 26.8. The number of nitrogens with zero attached hydrogens (tertiary/aromatic N) is 1. The lowest BCUT2D eigenvalue weighted by Gasteiger charge is -2.33. The Balaban J connectivity index is 1.67. The Hall–Kier alpha value is -0.820. The fourth-order valence-corrected chi connectivity index (χ4v) is 3.66. The third-order valence-electron chi connectivity index (χ3n) is 5.07. The van der Waals surface area contributed by atoms with Gasteiger partial charge < -0.3 is 10.1 Å². The molecule has 7 heteroatoms. The smallest absolute Gasteiger partial charge is 0.378 e. The first-order valence-corrected chi connectivity index (χ1v) is 9.44. The van der Waals surface area contributed by atoms with Gasteiger partial charge in [-0.2, -0.15) is 13.2 Å². The van der Waals surface area contributed by atoms with Crippen molar-refractivity contribution in [1.82, 2.24) is 10.2 Å². The number of rotatable bonds is 6. The summed E-state index contributed by atoms with van der Waals surface area (Å²) in [6, 6.07) is -0.347. The third-order valence-corrected chi connectivity index (χ3v) is 5.07. The first kappa shape index (κ1) is 20.5. The number of carbonyl (C=O) groups is 1. The fraction of sp³-hybridized carbons (Fsp3) is 0.944. The van der Waals surface area contributed by atoms with Crippen molar-refractivity contribution >= 4 is 5.91 Å². The van der Waals surface area contributed by atoms with Gasteiger partial charge in [0.15, 0.2) is 0 Å². The fourth-order valence-electron chi connectivity index (χ4n) is 3.66. The highest BCUT2D eigenvalue weighted by Gasteiger charge is 2.42. The van der Waals surface area contributed by atoms with Gasteiger partial charge in [0.25, 0.3) is 0 Å². The number of piperidine rings is 1. The van der Waals surface area contributed by atoms with E-state index in [1.165, 1.54) is 0 Å². The Kier molecular flexibility index (Phi) is 7.55. The predicted molar refractivity (Wildman–Crippen MR) is 90.2 cm³/mol. The summed E-state index contributed by atoms with van der Waals surface area (Å²) in [7, 11) is 0. The molecule has 1 saturated heterocycles. The summed E-state index contributed by atoms with van der Waals surface area (Å²) in [5.41, 5.74) is 0. The average molecular weight is 364 g/mol. The van der Waals surface area contributed by atoms with Crippen molar-refractivity contribution in [3.05, 3.63) is 0 Å². The molecule has 1 aliphatic heterocycles. The van der Waals surface area contributed by atoms with Crippen LogP contribution >= 0.6 is 0 Å². The first-order valence-electron chi connectivity index (χ1n) is 9.44. The van der Waals surface area contributed by atoms with Gasteiger partial charge in [0.1, 0.15) is 0 Å². The van der Waals surface area contributed by atoms with Crippen LogP contribution in [0.3, 0.4) is 0 Å². The molecule has 1 aliphatic carbocycles. The third kappa shape index (κ3) is 7.13. The zero-order valence-electron chi connectivity index (χ0n) is 15.3. The molecule has 2 atom stereocenters. The minimum absolute atomic E-state index is 0.0142. The molecular formula is C18H31F3N2O2. The lowest BCUT2D eigenvalue weighted by molar-refractivity contribution is -0.184. The van der Waals surface area contributed by atoms with Crippen LogP contribution in [0.2, 0.25) is 0 Å². The molecule has 146 valence electrons. The van der Waals surface area contributed by atoms with E-state index < -0.39 is 12.1 Å². The molecule has 25 heavy (non-hydrogen) atoms. The zero-order chi connectivity index (χ0) is 18.4. The Bertz CT molecular complexity index is 421. The van der Waals surface area contributed by atoms with Crippen LogP contribution < -0.4 is 5.32 Å². The summed E-state index contributed by atoms with van der Waals surface area (Å²) < 4.78 is 44.4. The monoisotopic (exact) mass is 364 g/mol. The number of alkyl halides is 3. The van der Waals surface area contributed by atoms with Crippen LogP contribution in [0, 0.1) is 11.8 Å². The largest absolute Gasteiger partial charge is 0.391 e. The maximum Gasteiger partial charge on any atom is 0.391 e. The highest BCUT2D eigenvalue weighted by Crippen LogP contribution is 2.37. The van der Waals surface area contributed by atoms with Crippen LogP contribution in [-0.4, -0.2) is 55.4 Å². The van der Waals surface area contributed by atoms with E-state index >= 15 is 0 Å². The van der Waals surface area contributed by atoms with E-state index in [9.17, 15) is 18.0 Å². The van der Waals surface area contributed by atoms with Gasteiger partial charge in [-0.1, -0.05) is 20.3 Å². The van der Waals surface area contributed by atoms with Crippen LogP contribution in [0.1, 0.15) is 52.4 Å². The number of hydrogen-bond donors (Lipinski definition) is 1. The van der Waals surface area contributed by atoms with E-state index in [-0.39, 0.29) is 37.4 Å². The number of halogens is 3. The molecule has 2 rings (SSSR count). The second-order valence-electron chi connectivity index (χ2n) is 7.87. The van der Waals surface area contributed by atoms with E-state index in [0.29, 0.717) is 18.8 Å². The molecule has 0 spiro atoms. The summed E-state index contributed by atoms with van der Waals surface area (Å²) in [6.45, 7) is 6.86. The van der Waals surface area contributed by atoms with Crippen LogP contribution in [-0.2, 0) is 9.53 Å². The summed E-state index contributed by atoms with van der Waals surface area (Å²) in [5.74, 6) is -0.922. The molecule has 1 amide bonds. The van der Waals surface area contributed by atoms with E-state index in [4.69, 9.17) is 4.74 Å². The van der Waals surface area contributed by atoms with E-state index in [2.05, 4.69) is 24.1 Å². The van der Waals surface area contributed by atoms with Gasteiger partial charge in [0.2, 0.25) is 5.91 Å². The Morgan fingerprint density at radius 2 is 1.88 bits per heavy atom. The Labute approximate surface area is 148 Å².